The molecule has 1 N–H and O–H groups in total. The average molecular weight is 422 g/mol. The smallest absolute Gasteiger partial charge is 0.173 e. The van der Waals surface area contributed by atoms with Gasteiger partial charge in [0, 0.05) is 26.2 Å². The lowest BCUT2D eigenvalue weighted by molar-refractivity contribution is 0.151. The fourth-order valence-corrected chi connectivity index (χ4v) is 4.30. The molecule has 1 heterocycles. The van der Waals surface area contributed by atoms with E-state index in [9.17, 15) is 0 Å². The van der Waals surface area contributed by atoms with Crippen LogP contribution in [-0.4, -0.2) is 41.1 Å². The van der Waals surface area contributed by atoms with Crippen LogP contribution in [0, 0.1) is 0 Å². The Kier molecular flexibility index (Phi) is 6.45. The fourth-order valence-electron chi connectivity index (χ4n) is 3.82. The van der Waals surface area contributed by atoms with E-state index in [1.807, 2.05) is 24.3 Å². The normalized spacial score (nSPS) is 14.8. The van der Waals surface area contributed by atoms with Crippen LogP contribution in [0.4, 0.5) is 5.69 Å². The number of hydrogen-bond donors (Lipinski definition) is 1. The molecule has 0 aromatic heterocycles. The van der Waals surface area contributed by atoms with Crippen molar-refractivity contribution in [3.63, 3.8) is 0 Å². The molecule has 0 bridgehead atoms. The van der Waals surface area contributed by atoms with Crippen molar-refractivity contribution in [3.05, 3.63) is 101 Å². The Labute approximate surface area is 182 Å². The lowest BCUT2D eigenvalue weighted by Gasteiger charge is -2.40. The Morgan fingerprint density at radius 1 is 0.759 bits per heavy atom. The van der Waals surface area contributed by atoms with E-state index in [4.69, 9.17) is 23.8 Å². The maximum Gasteiger partial charge on any atom is 0.173 e. The molecule has 0 atom stereocenters. The molecule has 4 rings (SSSR count). The molecule has 0 spiro atoms. The maximum absolute atomic E-state index is 6.26. The van der Waals surface area contributed by atoms with Gasteiger partial charge in [-0.05, 0) is 35.5 Å². The van der Waals surface area contributed by atoms with Crippen molar-refractivity contribution in [1.82, 2.24) is 9.80 Å². The standard InChI is InChI=1S/C24H24ClN3S/c25-21-13-7-8-14-22(21)26-24(29)28-17-15-27(16-18-28)23(19-9-3-1-4-10-19)20-11-5-2-6-12-20/h1-14,23H,15-18H2,(H,26,29). The molecule has 148 valence electrons. The molecule has 1 aliphatic rings. The summed E-state index contributed by atoms with van der Waals surface area (Å²) < 4.78 is 0. The van der Waals surface area contributed by atoms with Gasteiger partial charge in [-0.25, -0.2) is 0 Å². The van der Waals surface area contributed by atoms with Gasteiger partial charge in [0.25, 0.3) is 0 Å². The molecule has 3 aromatic carbocycles. The molecule has 1 saturated heterocycles. The van der Waals surface area contributed by atoms with E-state index >= 15 is 0 Å². The number of nitrogens with one attached hydrogen (secondary N) is 1. The van der Waals surface area contributed by atoms with Crippen LogP contribution >= 0.6 is 23.8 Å². The second-order valence-corrected chi connectivity index (χ2v) is 7.95. The van der Waals surface area contributed by atoms with E-state index < -0.39 is 0 Å². The van der Waals surface area contributed by atoms with Crippen molar-refractivity contribution in [2.24, 2.45) is 0 Å². The predicted octanol–water partition coefficient (Wildman–Crippen LogP) is 5.44. The summed E-state index contributed by atoms with van der Waals surface area (Å²) >= 11 is 11.9. The minimum absolute atomic E-state index is 0.254. The van der Waals surface area contributed by atoms with Crippen LogP contribution < -0.4 is 5.32 Å². The molecular formula is C24H24ClN3S. The fraction of sp³-hybridized carbons (Fsp3) is 0.208. The largest absolute Gasteiger partial charge is 0.346 e. The van der Waals surface area contributed by atoms with Crippen molar-refractivity contribution in [1.29, 1.82) is 0 Å². The van der Waals surface area contributed by atoms with Crippen LogP contribution in [0.25, 0.3) is 0 Å². The van der Waals surface area contributed by atoms with E-state index in [0.717, 1.165) is 37.0 Å². The van der Waals surface area contributed by atoms with Crippen molar-refractivity contribution < 1.29 is 0 Å². The summed E-state index contributed by atoms with van der Waals surface area (Å²) in [4.78, 5) is 4.77. The zero-order valence-corrected chi connectivity index (χ0v) is 17.7. The van der Waals surface area contributed by atoms with Crippen LogP contribution in [0.15, 0.2) is 84.9 Å². The molecule has 3 aromatic rings. The van der Waals surface area contributed by atoms with Gasteiger partial charge in [0.2, 0.25) is 0 Å². The van der Waals surface area contributed by atoms with Gasteiger partial charge >= 0.3 is 0 Å². The van der Waals surface area contributed by atoms with Gasteiger partial charge in [0.15, 0.2) is 5.11 Å². The van der Waals surface area contributed by atoms with Crippen LogP contribution in [0.3, 0.4) is 0 Å². The molecule has 29 heavy (non-hydrogen) atoms. The molecule has 0 radical (unpaired) electrons. The Morgan fingerprint density at radius 3 is 1.83 bits per heavy atom. The number of benzene rings is 3. The lowest BCUT2D eigenvalue weighted by atomic mass is 9.96. The number of thiocarbonyl (C=S) groups is 1. The summed E-state index contributed by atoms with van der Waals surface area (Å²) in [5.41, 5.74) is 3.50. The molecule has 1 fully saturated rings. The molecule has 0 amide bonds. The van der Waals surface area contributed by atoms with Crippen molar-refractivity contribution in [2.75, 3.05) is 31.5 Å². The highest BCUT2D eigenvalue weighted by Gasteiger charge is 2.27. The van der Waals surface area contributed by atoms with Gasteiger partial charge in [-0.1, -0.05) is 84.4 Å². The maximum atomic E-state index is 6.26. The van der Waals surface area contributed by atoms with E-state index in [0.29, 0.717) is 5.02 Å². The lowest BCUT2D eigenvalue weighted by Crippen LogP contribution is -2.51. The number of piperazine rings is 1. The van der Waals surface area contributed by atoms with Gasteiger partial charge < -0.3 is 10.2 Å². The van der Waals surface area contributed by atoms with E-state index in [1.54, 1.807) is 0 Å². The first-order valence-corrected chi connectivity index (χ1v) is 10.7. The first kappa shape index (κ1) is 19.9. The van der Waals surface area contributed by atoms with Gasteiger partial charge in [0.1, 0.15) is 0 Å². The second-order valence-electron chi connectivity index (χ2n) is 7.16. The topological polar surface area (TPSA) is 18.5 Å². The number of halogens is 1. The number of nitrogens with zero attached hydrogens (tertiary/aromatic N) is 2. The quantitative estimate of drug-likeness (QED) is 0.565. The summed E-state index contributed by atoms with van der Waals surface area (Å²) in [6, 6.07) is 29.4. The molecule has 3 nitrogen and oxygen atoms in total. The summed E-state index contributed by atoms with van der Waals surface area (Å²) in [6.07, 6.45) is 0. The minimum Gasteiger partial charge on any atom is -0.346 e. The molecule has 0 saturated carbocycles. The van der Waals surface area contributed by atoms with Gasteiger partial charge in [0.05, 0.1) is 16.8 Å². The van der Waals surface area contributed by atoms with Gasteiger partial charge in [-0.15, -0.1) is 0 Å². The summed E-state index contributed by atoms with van der Waals surface area (Å²) in [5.74, 6) is 0. The second kappa shape index (κ2) is 9.40. The Bertz CT molecular complexity index is 901. The number of para-hydroxylation sites is 1. The SMILES string of the molecule is S=C(Nc1ccccc1Cl)N1CCN(C(c2ccccc2)c2ccccc2)CC1. The summed E-state index contributed by atoms with van der Waals surface area (Å²) in [7, 11) is 0. The third-order valence-corrected chi connectivity index (χ3v) is 6.00. The van der Waals surface area contributed by atoms with Crippen molar-refractivity contribution in [2.45, 2.75) is 6.04 Å². The Hall–Kier alpha value is -2.40. The zero-order valence-electron chi connectivity index (χ0n) is 16.2. The molecule has 5 heteroatoms. The van der Waals surface area contributed by atoms with Crippen LogP contribution in [0.2, 0.25) is 5.02 Å². The number of anilines is 1. The van der Waals surface area contributed by atoms with Crippen LogP contribution in [-0.2, 0) is 0 Å². The summed E-state index contributed by atoms with van der Waals surface area (Å²) in [5, 5.41) is 4.71. The highest BCUT2D eigenvalue weighted by atomic mass is 35.5. The third-order valence-electron chi connectivity index (χ3n) is 5.31. The van der Waals surface area contributed by atoms with E-state index in [-0.39, 0.29) is 6.04 Å². The highest BCUT2D eigenvalue weighted by Crippen LogP contribution is 2.29. The zero-order chi connectivity index (χ0) is 20.1. The third kappa shape index (κ3) is 4.78. The van der Waals surface area contributed by atoms with E-state index in [1.165, 1.54) is 11.1 Å². The Balaban J connectivity index is 1.46. The molecule has 0 aliphatic carbocycles. The monoisotopic (exact) mass is 421 g/mol. The minimum atomic E-state index is 0.254. The average Bonchev–Trinajstić information content (AvgIpc) is 2.77. The van der Waals surface area contributed by atoms with Crippen molar-refractivity contribution >= 4 is 34.6 Å². The number of rotatable bonds is 4. The Morgan fingerprint density at radius 2 is 1.28 bits per heavy atom. The first-order chi connectivity index (χ1) is 14.2. The van der Waals surface area contributed by atoms with E-state index in [2.05, 4.69) is 75.8 Å². The van der Waals surface area contributed by atoms with Gasteiger partial charge in [-0.3, -0.25) is 4.90 Å². The van der Waals surface area contributed by atoms with Crippen molar-refractivity contribution in [3.8, 4) is 0 Å². The highest BCUT2D eigenvalue weighted by molar-refractivity contribution is 7.80. The molecule has 0 unspecified atom stereocenters. The predicted molar refractivity (Wildman–Crippen MR) is 126 cm³/mol. The molecular weight excluding hydrogens is 398 g/mol. The number of hydrogen-bond acceptors (Lipinski definition) is 2. The summed E-state index contributed by atoms with van der Waals surface area (Å²) in [6.45, 7) is 3.65. The van der Waals surface area contributed by atoms with Crippen LogP contribution in [0.5, 0.6) is 0 Å². The van der Waals surface area contributed by atoms with Crippen LogP contribution in [0.1, 0.15) is 17.2 Å². The first-order valence-electron chi connectivity index (χ1n) is 9.87. The van der Waals surface area contributed by atoms with Gasteiger partial charge in [-0.2, -0.15) is 0 Å². The molecule has 1 aliphatic heterocycles.